The predicted molar refractivity (Wildman–Crippen MR) is 83.9 cm³/mol. The van der Waals surface area contributed by atoms with Gasteiger partial charge in [0.25, 0.3) is 0 Å². The summed E-state index contributed by atoms with van der Waals surface area (Å²) in [5, 5.41) is 6.33. The normalized spacial score (nSPS) is 18.0. The van der Waals surface area contributed by atoms with Gasteiger partial charge in [0, 0.05) is 12.6 Å². The number of nitrogens with one attached hydrogen (secondary N) is 2. The second-order valence-electron chi connectivity index (χ2n) is 6.05. The van der Waals surface area contributed by atoms with Crippen LogP contribution in [0.3, 0.4) is 0 Å². The molecule has 1 fully saturated rings. The minimum absolute atomic E-state index is 0.0904. The van der Waals surface area contributed by atoms with Crippen LogP contribution in [-0.2, 0) is 11.3 Å². The van der Waals surface area contributed by atoms with E-state index in [0.717, 1.165) is 29.9 Å². The molecule has 0 unspecified atom stereocenters. The van der Waals surface area contributed by atoms with Gasteiger partial charge in [-0.2, -0.15) is 0 Å². The van der Waals surface area contributed by atoms with E-state index in [2.05, 4.69) is 10.6 Å². The number of carbonyl (C=O) groups excluding carboxylic acids is 1. The van der Waals surface area contributed by atoms with E-state index in [9.17, 15) is 4.79 Å². The zero-order valence-corrected chi connectivity index (χ0v) is 12.9. The highest BCUT2D eigenvalue weighted by atomic mass is 16.7. The molecular weight excluding hydrogens is 280 g/mol. The lowest BCUT2D eigenvalue weighted by atomic mass is 10.1. The number of hydrogen-bond acceptors (Lipinski definition) is 4. The van der Waals surface area contributed by atoms with Gasteiger partial charge < -0.3 is 20.1 Å². The van der Waals surface area contributed by atoms with Gasteiger partial charge in [-0.15, -0.1) is 0 Å². The van der Waals surface area contributed by atoms with E-state index in [1.54, 1.807) is 0 Å². The Bertz CT molecular complexity index is 511. The summed E-state index contributed by atoms with van der Waals surface area (Å²) in [4.78, 5) is 12.0. The molecule has 0 aromatic heterocycles. The summed E-state index contributed by atoms with van der Waals surface area (Å²) in [6.45, 7) is 1.29. The van der Waals surface area contributed by atoms with Crippen molar-refractivity contribution in [1.29, 1.82) is 0 Å². The predicted octanol–water partition coefficient (Wildman–Crippen LogP) is 2.34. The Kier molecular flexibility index (Phi) is 5.16. The smallest absolute Gasteiger partial charge is 0.234 e. The van der Waals surface area contributed by atoms with Crippen molar-refractivity contribution in [2.24, 2.45) is 0 Å². The summed E-state index contributed by atoms with van der Waals surface area (Å²) in [5.74, 6) is 1.66. The van der Waals surface area contributed by atoms with Gasteiger partial charge in [-0.1, -0.05) is 31.7 Å². The van der Waals surface area contributed by atoms with Crippen molar-refractivity contribution in [1.82, 2.24) is 10.6 Å². The van der Waals surface area contributed by atoms with Crippen molar-refractivity contribution < 1.29 is 14.3 Å². The van der Waals surface area contributed by atoms with Crippen LogP contribution in [0, 0.1) is 0 Å². The van der Waals surface area contributed by atoms with Gasteiger partial charge in [0.2, 0.25) is 12.7 Å². The maximum absolute atomic E-state index is 12.0. The third kappa shape index (κ3) is 4.13. The lowest BCUT2D eigenvalue weighted by Crippen LogP contribution is -2.40. The molecule has 0 bridgehead atoms. The molecule has 22 heavy (non-hydrogen) atoms. The van der Waals surface area contributed by atoms with Crippen LogP contribution in [-0.4, -0.2) is 25.3 Å². The highest BCUT2D eigenvalue weighted by Gasteiger charge is 2.15. The molecule has 3 rings (SSSR count). The zero-order valence-electron chi connectivity index (χ0n) is 12.9. The summed E-state index contributed by atoms with van der Waals surface area (Å²) < 4.78 is 10.6. The average Bonchev–Trinajstić information content (AvgIpc) is 2.83. The molecule has 5 nitrogen and oxygen atoms in total. The molecule has 0 radical (unpaired) electrons. The van der Waals surface area contributed by atoms with Crippen LogP contribution in [0.1, 0.15) is 44.1 Å². The lowest BCUT2D eigenvalue weighted by Gasteiger charge is -2.16. The SMILES string of the molecule is O=C(CNCc1ccc2c(c1)OCO2)NC1CCCCCC1. The Labute approximate surface area is 131 Å². The van der Waals surface area contributed by atoms with Crippen LogP contribution in [0.4, 0.5) is 0 Å². The quantitative estimate of drug-likeness (QED) is 0.820. The number of hydrogen-bond donors (Lipinski definition) is 2. The van der Waals surface area contributed by atoms with E-state index < -0.39 is 0 Å². The van der Waals surface area contributed by atoms with E-state index in [1.165, 1.54) is 25.7 Å². The molecule has 2 aliphatic rings. The Hall–Kier alpha value is -1.75. The highest BCUT2D eigenvalue weighted by Crippen LogP contribution is 2.32. The first kappa shape index (κ1) is 15.2. The standard InChI is InChI=1S/C17H24N2O3/c20-17(19-14-5-3-1-2-4-6-14)11-18-10-13-7-8-15-16(9-13)22-12-21-15/h7-9,14,18H,1-6,10-12H2,(H,19,20). The number of carbonyl (C=O) groups is 1. The number of benzene rings is 1. The van der Waals surface area contributed by atoms with Gasteiger partial charge in [0.15, 0.2) is 11.5 Å². The summed E-state index contributed by atoms with van der Waals surface area (Å²) in [6, 6.07) is 6.22. The first-order chi connectivity index (χ1) is 10.8. The molecule has 1 saturated carbocycles. The second kappa shape index (κ2) is 7.49. The van der Waals surface area contributed by atoms with Crippen molar-refractivity contribution in [2.45, 2.75) is 51.1 Å². The molecule has 1 aromatic rings. The van der Waals surface area contributed by atoms with Crippen LogP contribution in [0.5, 0.6) is 11.5 Å². The van der Waals surface area contributed by atoms with Crippen molar-refractivity contribution in [3.8, 4) is 11.5 Å². The molecule has 0 atom stereocenters. The van der Waals surface area contributed by atoms with Gasteiger partial charge >= 0.3 is 0 Å². The molecule has 1 aliphatic heterocycles. The minimum Gasteiger partial charge on any atom is -0.454 e. The average molecular weight is 304 g/mol. The second-order valence-corrected chi connectivity index (χ2v) is 6.05. The van der Waals surface area contributed by atoms with E-state index in [4.69, 9.17) is 9.47 Å². The first-order valence-corrected chi connectivity index (χ1v) is 8.20. The van der Waals surface area contributed by atoms with Crippen molar-refractivity contribution in [3.63, 3.8) is 0 Å². The van der Waals surface area contributed by atoms with E-state index >= 15 is 0 Å². The molecule has 1 heterocycles. The Morgan fingerprint density at radius 3 is 2.68 bits per heavy atom. The van der Waals surface area contributed by atoms with Gasteiger partial charge in [0.05, 0.1) is 6.54 Å². The molecule has 1 aliphatic carbocycles. The van der Waals surface area contributed by atoms with Crippen molar-refractivity contribution in [3.05, 3.63) is 23.8 Å². The number of rotatable bonds is 5. The third-order valence-corrected chi connectivity index (χ3v) is 4.27. The molecule has 2 N–H and O–H groups in total. The van der Waals surface area contributed by atoms with Crippen LogP contribution in [0.15, 0.2) is 18.2 Å². The molecular formula is C17H24N2O3. The van der Waals surface area contributed by atoms with Gasteiger partial charge in [0.1, 0.15) is 0 Å². The van der Waals surface area contributed by atoms with Crippen LogP contribution in [0.25, 0.3) is 0 Å². The zero-order chi connectivity index (χ0) is 15.2. The molecule has 0 saturated heterocycles. The topological polar surface area (TPSA) is 59.6 Å². The van der Waals surface area contributed by atoms with Crippen molar-refractivity contribution >= 4 is 5.91 Å². The highest BCUT2D eigenvalue weighted by molar-refractivity contribution is 5.78. The third-order valence-electron chi connectivity index (χ3n) is 4.27. The Balaban J connectivity index is 1.39. The Morgan fingerprint density at radius 2 is 1.86 bits per heavy atom. The fraction of sp³-hybridized carbons (Fsp3) is 0.588. The number of fused-ring (bicyclic) bond motifs is 1. The van der Waals surface area contributed by atoms with Gasteiger partial charge in [-0.25, -0.2) is 0 Å². The number of amides is 1. The fourth-order valence-electron chi connectivity index (χ4n) is 3.07. The van der Waals surface area contributed by atoms with Crippen LogP contribution in [0.2, 0.25) is 0 Å². The van der Waals surface area contributed by atoms with Crippen molar-refractivity contribution in [2.75, 3.05) is 13.3 Å². The minimum atomic E-state index is 0.0904. The molecule has 1 amide bonds. The van der Waals surface area contributed by atoms with E-state index in [1.807, 2.05) is 18.2 Å². The largest absolute Gasteiger partial charge is 0.454 e. The summed E-state index contributed by atoms with van der Waals surface area (Å²) in [7, 11) is 0. The lowest BCUT2D eigenvalue weighted by molar-refractivity contribution is -0.121. The Morgan fingerprint density at radius 1 is 1.09 bits per heavy atom. The number of ether oxygens (including phenoxy) is 2. The summed E-state index contributed by atoms with van der Waals surface area (Å²) in [5.41, 5.74) is 1.09. The fourth-order valence-corrected chi connectivity index (χ4v) is 3.07. The van der Waals surface area contributed by atoms with E-state index in [0.29, 0.717) is 19.1 Å². The molecule has 5 heteroatoms. The van der Waals surface area contributed by atoms with Gasteiger partial charge in [-0.05, 0) is 30.5 Å². The maximum Gasteiger partial charge on any atom is 0.234 e. The first-order valence-electron chi connectivity index (χ1n) is 8.20. The maximum atomic E-state index is 12.0. The van der Waals surface area contributed by atoms with Crippen LogP contribution >= 0.6 is 0 Å². The monoisotopic (exact) mass is 304 g/mol. The molecule has 120 valence electrons. The summed E-state index contributed by atoms with van der Waals surface area (Å²) in [6.07, 6.45) is 7.30. The summed E-state index contributed by atoms with van der Waals surface area (Å²) >= 11 is 0. The molecule has 0 spiro atoms. The van der Waals surface area contributed by atoms with Crippen LogP contribution < -0.4 is 20.1 Å². The van der Waals surface area contributed by atoms with Gasteiger partial charge in [-0.3, -0.25) is 4.79 Å². The molecule has 1 aromatic carbocycles. The van der Waals surface area contributed by atoms with E-state index in [-0.39, 0.29) is 12.7 Å².